The summed E-state index contributed by atoms with van der Waals surface area (Å²) in [5.74, 6) is 1.11. The smallest absolute Gasteiger partial charge is 0.261 e. The summed E-state index contributed by atoms with van der Waals surface area (Å²) in [6.07, 6.45) is 0. The Morgan fingerprint density at radius 3 is 2.25 bits per heavy atom. The minimum absolute atomic E-state index is 0.0120. The van der Waals surface area contributed by atoms with E-state index in [2.05, 4.69) is 10.0 Å². The molecule has 0 spiro atoms. The van der Waals surface area contributed by atoms with Gasteiger partial charge < -0.3 is 10.2 Å². The fourth-order valence-electron chi connectivity index (χ4n) is 3.98. The molecular formula is C21H25N3O3S. The van der Waals surface area contributed by atoms with E-state index < -0.39 is 10.0 Å². The summed E-state index contributed by atoms with van der Waals surface area (Å²) in [6, 6.07) is 11.7. The second kappa shape index (κ2) is 7.22. The Hall–Kier alpha value is -2.38. The third-order valence-electron chi connectivity index (χ3n) is 5.85. The molecule has 2 fully saturated rings. The number of hydrogen-bond acceptors (Lipinski definition) is 4. The summed E-state index contributed by atoms with van der Waals surface area (Å²) in [4.78, 5) is 14.9. The first-order valence-electron chi connectivity index (χ1n) is 9.53. The topological polar surface area (TPSA) is 78.5 Å². The zero-order valence-corrected chi connectivity index (χ0v) is 16.9. The molecule has 0 aromatic heterocycles. The molecule has 0 unspecified atom stereocenters. The summed E-state index contributed by atoms with van der Waals surface area (Å²) in [5.41, 5.74) is 3.00. The highest BCUT2D eigenvalue weighted by molar-refractivity contribution is 7.92. The van der Waals surface area contributed by atoms with Crippen molar-refractivity contribution in [2.75, 3.05) is 30.9 Å². The third kappa shape index (κ3) is 3.64. The molecule has 2 aliphatic heterocycles. The molecule has 2 saturated heterocycles. The zero-order valence-electron chi connectivity index (χ0n) is 16.1. The van der Waals surface area contributed by atoms with Crippen molar-refractivity contribution in [2.24, 2.45) is 11.8 Å². The van der Waals surface area contributed by atoms with Crippen molar-refractivity contribution >= 4 is 21.6 Å². The Balaban J connectivity index is 1.45. The number of hydrogen-bond donors (Lipinski definition) is 2. The van der Waals surface area contributed by atoms with Gasteiger partial charge in [0.25, 0.3) is 15.9 Å². The van der Waals surface area contributed by atoms with E-state index in [1.165, 1.54) is 0 Å². The number of aryl methyl sites for hydroxylation is 2. The molecule has 1 amide bonds. The molecular weight excluding hydrogens is 374 g/mol. The van der Waals surface area contributed by atoms with Crippen LogP contribution in [0.1, 0.15) is 21.5 Å². The van der Waals surface area contributed by atoms with Gasteiger partial charge in [-0.3, -0.25) is 9.52 Å². The van der Waals surface area contributed by atoms with E-state index in [0.29, 0.717) is 23.1 Å². The van der Waals surface area contributed by atoms with Crippen molar-refractivity contribution in [1.29, 1.82) is 0 Å². The molecule has 0 bridgehead atoms. The average molecular weight is 400 g/mol. The standard InChI is InChI=1S/C21H25N3O3S/c1-14-3-8-20(9-15(14)2)28(26,27)23-19-6-4-16(5-7-19)21(25)24-12-17-10-22-11-18(17)13-24/h3-9,17-18,22-23H,10-13H2,1-2H3/t17-,18+. The van der Waals surface area contributed by atoms with Gasteiger partial charge in [0.2, 0.25) is 0 Å². The minimum Gasteiger partial charge on any atom is -0.338 e. The number of benzene rings is 2. The lowest BCUT2D eigenvalue weighted by atomic mass is 10.0. The average Bonchev–Trinajstić information content (AvgIpc) is 3.25. The van der Waals surface area contributed by atoms with Crippen LogP contribution in [0.2, 0.25) is 0 Å². The van der Waals surface area contributed by atoms with Crippen LogP contribution in [0, 0.1) is 25.7 Å². The van der Waals surface area contributed by atoms with E-state index in [1.807, 2.05) is 18.7 Å². The van der Waals surface area contributed by atoms with Gasteiger partial charge >= 0.3 is 0 Å². The number of nitrogens with one attached hydrogen (secondary N) is 2. The lowest BCUT2D eigenvalue weighted by Crippen LogP contribution is -2.31. The van der Waals surface area contributed by atoms with Crippen LogP contribution in [-0.2, 0) is 10.0 Å². The molecule has 0 saturated carbocycles. The Bertz CT molecular complexity index is 990. The number of amides is 1. The van der Waals surface area contributed by atoms with E-state index in [-0.39, 0.29) is 10.8 Å². The van der Waals surface area contributed by atoms with Crippen LogP contribution in [0.15, 0.2) is 47.4 Å². The molecule has 2 aliphatic rings. The van der Waals surface area contributed by atoms with Crippen molar-refractivity contribution < 1.29 is 13.2 Å². The van der Waals surface area contributed by atoms with E-state index in [4.69, 9.17) is 0 Å². The first-order chi connectivity index (χ1) is 13.3. The number of fused-ring (bicyclic) bond motifs is 1. The predicted octanol–water partition coefficient (Wildman–Crippen LogP) is 2.40. The molecule has 2 heterocycles. The van der Waals surface area contributed by atoms with E-state index >= 15 is 0 Å². The van der Waals surface area contributed by atoms with Gasteiger partial charge in [-0.1, -0.05) is 6.07 Å². The monoisotopic (exact) mass is 399 g/mol. The van der Waals surface area contributed by atoms with Crippen LogP contribution in [0.25, 0.3) is 0 Å². The lowest BCUT2D eigenvalue weighted by molar-refractivity contribution is 0.0781. The first kappa shape index (κ1) is 19.0. The summed E-state index contributed by atoms with van der Waals surface area (Å²) < 4.78 is 27.8. The maximum absolute atomic E-state index is 12.7. The minimum atomic E-state index is -3.66. The highest BCUT2D eigenvalue weighted by Gasteiger charge is 2.38. The molecule has 4 rings (SSSR count). The summed E-state index contributed by atoms with van der Waals surface area (Å²) in [7, 11) is -3.66. The summed E-state index contributed by atoms with van der Waals surface area (Å²) in [6.45, 7) is 7.37. The van der Waals surface area contributed by atoms with E-state index in [1.54, 1.807) is 42.5 Å². The number of carbonyl (C=O) groups excluding carboxylic acids is 1. The Morgan fingerprint density at radius 2 is 1.64 bits per heavy atom. The molecule has 7 heteroatoms. The third-order valence-corrected chi connectivity index (χ3v) is 7.23. The maximum atomic E-state index is 12.7. The van der Waals surface area contributed by atoms with Crippen LogP contribution < -0.4 is 10.0 Å². The Labute approximate surface area is 166 Å². The quantitative estimate of drug-likeness (QED) is 0.828. The van der Waals surface area contributed by atoms with Crippen molar-refractivity contribution in [3.63, 3.8) is 0 Å². The van der Waals surface area contributed by atoms with Crippen molar-refractivity contribution in [3.05, 3.63) is 59.2 Å². The molecule has 0 aliphatic carbocycles. The number of carbonyl (C=O) groups is 1. The number of anilines is 1. The number of likely N-dealkylation sites (tertiary alicyclic amines) is 1. The highest BCUT2D eigenvalue weighted by Crippen LogP contribution is 2.28. The first-order valence-corrected chi connectivity index (χ1v) is 11.0. The fourth-order valence-corrected chi connectivity index (χ4v) is 5.12. The van der Waals surface area contributed by atoms with Gasteiger partial charge in [0.15, 0.2) is 0 Å². The van der Waals surface area contributed by atoms with Crippen LogP contribution in [-0.4, -0.2) is 45.4 Å². The van der Waals surface area contributed by atoms with Gasteiger partial charge in [0.05, 0.1) is 4.90 Å². The number of sulfonamides is 1. The highest BCUT2D eigenvalue weighted by atomic mass is 32.2. The molecule has 2 aromatic rings. The number of nitrogens with zero attached hydrogens (tertiary/aromatic N) is 1. The molecule has 2 N–H and O–H groups in total. The van der Waals surface area contributed by atoms with E-state index in [0.717, 1.165) is 37.3 Å². The Morgan fingerprint density at radius 1 is 1.00 bits per heavy atom. The lowest BCUT2D eigenvalue weighted by Gasteiger charge is -2.18. The van der Waals surface area contributed by atoms with Crippen molar-refractivity contribution in [3.8, 4) is 0 Å². The zero-order chi connectivity index (χ0) is 19.9. The summed E-state index contributed by atoms with van der Waals surface area (Å²) >= 11 is 0. The van der Waals surface area contributed by atoms with Gasteiger partial charge in [-0.2, -0.15) is 0 Å². The van der Waals surface area contributed by atoms with Crippen LogP contribution in [0.3, 0.4) is 0 Å². The van der Waals surface area contributed by atoms with Crippen molar-refractivity contribution in [1.82, 2.24) is 10.2 Å². The van der Waals surface area contributed by atoms with Gasteiger partial charge in [-0.15, -0.1) is 0 Å². The Kier molecular flexibility index (Phi) is 4.89. The summed E-state index contributed by atoms with van der Waals surface area (Å²) in [5, 5.41) is 3.37. The molecule has 2 aromatic carbocycles. The molecule has 148 valence electrons. The molecule has 6 nitrogen and oxygen atoms in total. The van der Waals surface area contributed by atoms with Gasteiger partial charge in [0.1, 0.15) is 0 Å². The molecule has 28 heavy (non-hydrogen) atoms. The van der Waals surface area contributed by atoms with Gasteiger partial charge in [0, 0.05) is 37.4 Å². The predicted molar refractivity (Wildman–Crippen MR) is 109 cm³/mol. The van der Waals surface area contributed by atoms with Gasteiger partial charge in [-0.05, 0) is 73.2 Å². The molecule has 0 radical (unpaired) electrons. The SMILES string of the molecule is Cc1ccc(S(=O)(=O)Nc2ccc(C(=O)N3C[C@H]4CNC[C@H]4C3)cc2)cc1C. The second-order valence-electron chi connectivity index (χ2n) is 7.82. The largest absolute Gasteiger partial charge is 0.338 e. The van der Waals surface area contributed by atoms with Crippen LogP contribution in [0.4, 0.5) is 5.69 Å². The van der Waals surface area contributed by atoms with Crippen molar-refractivity contribution in [2.45, 2.75) is 18.7 Å². The number of rotatable bonds is 4. The van der Waals surface area contributed by atoms with Crippen LogP contribution >= 0.6 is 0 Å². The normalized spacial score (nSPS) is 21.6. The second-order valence-corrected chi connectivity index (χ2v) is 9.50. The van der Waals surface area contributed by atoms with E-state index in [9.17, 15) is 13.2 Å². The fraction of sp³-hybridized carbons (Fsp3) is 0.381. The van der Waals surface area contributed by atoms with Gasteiger partial charge in [-0.25, -0.2) is 8.42 Å². The van der Waals surface area contributed by atoms with Crippen LogP contribution in [0.5, 0.6) is 0 Å². The maximum Gasteiger partial charge on any atom is 0.261 e. The molecule has 2 atom stereocenters.